The molecular weight excluding hydrogens is 182 g/mol. The van der Waals surface area contributed by atoms with Crippen LogP contribution < -0.4 is 0 Å². The maximum Gasteiger partial charge on any atom is 0.303 e. The molecule has 0 saturated heterocycles. The van der Waals surface area contributed by atoms with Crippen LogP contribution in [0.3, 0.4) is 0 Å². The third-order valence-corrected chi connectivity index (χ3v) is 1.96. The lowest BCUT2D eigenvalue weighted by atomic mass is 10.2. The summed E-state index contributed by atoms with van der Waals surface area (Å²) in [5.74, 6) is -0.342. The van der Waals surface area contributed by atoms with Gasteiger partial charge in [0.2, 0.25) is 0 Å². The third kappa shape index (κ3) is 2.86. The van der Waals surface area contributed by atoms with Gasteiger partial charge < -0.3 is 9.47 Å². The van der Waals surface area contributed by atoms with Gasteiger partial charge in [-0.3, -0.25) is 4.79 Å². The summed E-state index contributed by atoms with van der Waals surface area (Å²) in [4.78, 5) is 10.7. The van der Waals surface area contributed by atoms with Gasteiger partial charge in [0, 0.05) is 13.3 Å². The van der Waals surface area contributed by atoms with E-state index in [0.717, 1.165) is 0 Å². The van der Waals surface area contributed by atoms with E-state index in [1.165, 1.54) is 6.92 Å². The van der Waals surface area contributed by atoms with E-state index in [4.69, 9.17) is 14.7 Å². The van der Waals surface area contributed by atoms with Gasteiger partial charge in [-0.25, -0.2) is 0 Å². The van der Waals surface area contributed by atoms with E-state index in [1.54, 1.807) is 13.0 Å². The van der Waals surface area contributed by atoms with Crippen molar-refractivity contribution in [2.45, 2.75) is 38.6 Å². The van der Waals surface area contributed by atoms with Gasteiger partial charge in [-0.05, 0) is 13.0 Å². The molecule has 0 aromatic rings. The van der Waals surface area contributed by atoms with Gasteiger partial charge in [0.15, 0.2) is 0 Å². The summed E-state index contributed by atoms with van der Waals surface area (Å²) in [6.45, 7) is 3.14. The Balaban J connectivity index is 2.62. The monoisotopic (exact) mass is 195 g/mol. The van der Waals surface area contributed by atoms with Gasteiger partial charge >= 0.3 is 5.97 Å². The summed E-state index contributed by atoms with van der Waals surface area (Å²) in [5, 5.41) is 8.69. The average molecular weight is 195 g/mol. The molecule has 4 nitrogen and oxygen atoms in total. The largest absolute Gasteiger partial charge is 0.456 e. The lowest BCUT2D eigenvalue weighted by molar-refractivity contribution is -0.150. The van der Waals surface area contributed by atoms with E-state index in [0.29, 0.717) is 6.42 Å². The minimum Gasteiger partial charge on any atom is -0.456 e. The molecule has 1 aliphatic rings. The summed E-state index contributed by atoms with van der Waals surface area (Å²) in [6.07, 6.45) is 3.02. The summed E-state index contributed by atoms with van der Waals surface area (Å²) in [7, 11) is 0. The highest BCUT2D eigenvalue weighted by Gasteiger charge is 2.24. The van der Waals surface area contributed by atoms with Gasteiger partial charge in [-0.15, -0.1) is 0 Å². The predicted molar refractivity (Wildman–Crippen MR) is 49.3 cm³/mol. The highest BCUT2D eigenvalue weighted by atomic mass is 16.6. The normalized spacial score (nSPS) is 31.6. The van der Waals surface area contributed by atoms with Crippen molar-refractivity contribution in [2.75, 3.05) is 0 Å². The van der Waals surface area contributed by atoms with Crippen LogP contribution in [0, 0.1) is 11.3 Å². The molecule has 14 heavy (non-hydrogen) atoms. The van der Waals surface area contributed by atoms with E-state index in [-0.39, 0.29) is 18.2 Å². The summed E-state index contributed by atoms with van der Waals surface area (Å²) >= 11 is 0. The number of carbonyl (C=O) groups excluding carboxylic acids is 1. The molecule has 1 heterocycles. The SMILES string of the molecule is CC(=O)O[C@@H]1C=CC[C@H](C#N)O[C@H]1C. The standard InChI is InChI=1S/C10H13NO3/c1-7-10(14-8(2)12)5-3-4-9(6-11)13-7/h3,5,7,9-10H,4H2,1-2H3/t7-,9+,10+/m0/s1. The van der Waals surface area contributed by atoms with Crippen molar-refractivity contribution in [2.24, 2.45) is 0 Å². The number of rotatable bonds is 1. The quantitative estimate of drug-likeness (QED) is 0.465. The van der Waals surface area contributed by atoms with Gasteiger partial charge in [-0.2, -0.15) is 5.26 Å². The molecule has 0 amide bonds. The smallest absolute Gasteiger partial charge is 0.303 e. The molecule has 0 bridgehead atoms. The van der Waals surface area contributed by atoms with Crippen molar-refractivity contribution in [3.8, 4) is 6.07 Å². The van der Waals surface area contributed by atoms with Crippen molar-refractivity contribution in [3.63, 3.8) is 0 Å². The number of nitrogens with zero attached hydrogens (tertiary/aromatic N) is 1. The molecule has 1 rings (SSSR count). The lowest BCUT2D eigenvalue weighted by Gasteiger charge is -2.20. The van der Waals surface area contributed by atoms with Crippen molar-refractivity contribution >= 4 is 5.97 Å². The fraction of sp³-hybridized carbons (Fsp3) is 0.600. The number of esters is 1. The Morgan fingerprint density at radius 3 is 3.00 bits per heavy atom. The molecule has 1 aliphatic heterocycles. The number of nitriles is 1. The van der Waals surface area contributed by atoms with E-state index in [1.807, 2.05) is 12.1 Å². The Bertz CT molecular complexity index is 280. The topological polar surface area (TPSA) is 59.3 Å². The van der Waals surface area contributed by atoms with Gasteiger partial charge in [0.05, 0.1) is 12.2 Å². The molecule has 0 aromatic heterocycles. The van der Waals surface area contributed by atoms with E-state index in [9.17, 15) is 4.79 Å². The van der Waals surface area contributed by atoms with E-state index in [2.05, 4.69) is 0 Å². The number of hydrogen-bond donors (Lipinski definition) is 0. The van der Waals surface area contributed by atoms with Crippen LogP contribution in [0.15, 0.2) is 12.2 Å². The maximum absolute atomic E-state index is 10.7. The zero-order valence-electron chi connectivity index (χ0n) is 8.27. The van der Waals surface area contributed by atoms with Crippen LogP contribution in [-0.4, -0.2) is 24.3 Å². The van der Waals surface area contributed by atoms with E-state index >= 15 is 0 Å². The first kappa shape index (κ1) is 10.7. The second kappa shape index (κ2) is 4.77. The second-order valence-electron chi connectivity index (χ2n) is 3.20. The molecule has 0 unspecified atom stereocenters. The second-order valence-corrected chi connectivity index (χ2v) is 3.20. The van der Waals surface area contributed by atoms with Crippen LogP contribution in [0.4, 0.5) is 0 Å². The Morgan fingerprint density at radius 2 is 2.43 bits per heavy atom. The highest BCUT2D eigenvalue weighted by Crippen LogP contribution is 2.15. The first-order valence-electron chi connectivity index (χ1n) is 4.52. The molecule has 76 valence electrons. The average Bonchev–Trinajstić information content (AvgIpc) is 2.28. The molecule has 3 atom stereocenters. The Kier molecular flexibility index (Phi) is 3.66. The van der Waals surface area contributed by atoms with Crippen molar-refractivity contribution in [1.82, 2.24) is 0 Å². The molecule has 0 aromatic carbocycles. The van der Waals surface area contributed by atoms with Crippen LogP contribution in [0.2, 0.25) is 0 Å². The predicted octanol–water partition coefficient (Wildman–Crippen LogP) is 1.18. The first-order chi connectivity index (χ1) is 6.63. The Labute approximate surface area is 83.1 Å². The molecular formula is C10H13NO3. The van der Waals surface area contributed by atoms with Gasteiger partial charge in [-0.1, -0.05) is 6.08 Å². The zero-order chi connectivity index (χ0) is 10.6. The minimum absolute atomic E-state index is 0.276. The molecule has 0 fully saturated rings. The van der Waals surface area contributed by atoms with Crippen LogP contribution in [0.1, 0.15) is 20.3 Å². The van der Waals surface area contributed by atoms with E-state index < -0.39 is 6.10 Å². The van der Waals surface area contributed by atoms with Crippen molar-refractivity contribution in [1.29, 1.82) is 5.26 Å². The maximum atomic E-state index is 10.7. The van der Waals surface area contributed by atoms with Crippen molar-refractivity contribution in [3.05, 3.63) is 12.2 Å². The fourth-order valence-corrected chi connectivity index (χ4v) is 1.29. The summed E-state index contributed by atoms with van der Waals surface area (Å²) in [6, 6.07) is 2.03. The molecule has 0 N–H and O–H groups in total. The molecule has 0 radical (unpaired) electrons. The fourth-order valence-electron chi connectivity index (χ4n) is 1.29. The summed E-state index contributed by atoms with van der Waals surface area (Å²) < 4.78 is 10.4. The number of carbonyl (C=O) groups is 1. The Morgan fingerprint density at radius 1 is 1.71 bits per heavy atom. The highest BCUT2D eigenvalue weighted by molar-refractivity contribution is 5.66. The molecule has 4 heteroatoms. The van der Waals surface area contributed by atoms with Gasteiger partial charge in [0.1, 0.15) is 12.2 Å². The molecule has 0 spiro atoms. The number of hydrogen-bond acceptors (Lipinski definition) is 4. The lowest BCUT2D eigenvalue weighted by Crippen LogP contribution is -2.30. The number of ether oxygens (including phenoxy) is 2. The zero-order valence-corrected chi connectivity index (χ0v) is 8.27. The first-order valence-corrected chi connectivity index (χ1v) is 4.52. The molecule has 0 aliphatic carbocycles. The van der Waals surface area contributed by atoms with Crippen LogP contribution in [0.25, 0.3) is 0 Å². The Hall–Kier alpha value is -1.34. The van der Waals surface area contributed by atoms with Gasteiger partial charge in [0.25, 0.3) is 0 Å². The third-order valence-electron chi connectivity index (χ3n) is 1.96. The molecule has 0 saturated carbocycles. The van der Waals surface area contributed by atoms with Crippen LogP contribution >= 0.6 is 0 Å². The van der Waals surface area contributed by atoms with Crippen molar-refractivity contribution < 1.29 is 14.3 Å². The summed E-state index contributed by atoms with van der Waals surface area (Å²) in [5.41, 5.74) is 0. The minimum atomic E-state index is -0.443. The van der Waals surface area contributed by atoms with Crippen LogP contribution in [0.5, 0.6) is 0 Å². The van der Waals surface area contributed by atoms with Crippen LogP contribution in [-0.2, 0) is 14.3 Å².